The van der Waals surface area contributed by atoms with E-state index in [2.05, 4.69) is 24.3 Å². The molecule has 0 unspecified atom stereocenters. The number of carbonyl (C=O) groups excluding carboxylic acids is 2. The summed E-state index contributed by atoms with van der Waals surface area (Å²) in [5.74, 6) is -1.21. The molecular formula is C46H54B2O11. The summed E-state index contributed by atoms with van der Waals surface area (Å²) >= 11 is 0. The van der Waals surface area contributed by atoms with Gasteiger partial charge in [-0.2, -0.15) is 0 Å². The van der Waals surface area contributed by atoms with E-state index < -0.39 is 54.0 Å². The third-order valence-electron chi connectivity index (χ3n) is 12.6. The number of benzene rings is 4. The predicted molar refractivity (Wildman–Crippen MR) is 226 cm³/mol. The van der Waals surface area contributed by atoms with Gasteiger partial charge < -0.3 is 43.0 Å². The van der Waals surface area contributed by atoms with Crippen molar-refractivity contribution in [3.63, 3.8) is 0 Å². The van der Waals surface area contributed by atoms with Gasteiger partial charge in [-0.1, -0.05) is 48.5 Å². The number of phenolic OH excluding ortho intramolecular Hbond substituents is 1. The lowest BCUT2D eigenvalue weighted by Crippen LogP contribution is -2.41. The van der Waals surface area contributed by atoms with Gasteiger partial charge in [-0.25, -0.2) is 9.59 Å². The molecule has 7 rings (SSSR count). The molecule has 2 heterocycles. The van der Waals surface area contributed by atoms with Crippen LogP contribution in [-0.2, 0) is 33.5 Å². The van der Waals surface area contributed by atoms with Crippen molar-refractivity contribution in [3.05, 3.63) is 106 Å². The average molecular weight is 805 g/mol. The van der Waals surface area contributed by atoms with E-state index in [4.69, 9.17) is 32.8 Å². The Kier molecular flexibility index (Phi) is 11.1. The molecule has 4 aromatic rings. The summed E-state index contributed by atoms with van der Waals surface area (Å²) in [5, 5.41) is 20.7. The van der Waals surface area contributed by atoms with E-state index in [1.54, 1.807) is 38.1 Å². The van der Waals surface area contributed by atoms with Gasteiger partial charge in [0.05, 0.1) is 47.6 Å². The molecule has 0 aromatic heterocycles. The van der Waals surface area contributed by atoms with Crippen molar-refractivity contribution in [1.82, 2.24) is 0 Å². The van der Waals surface area contributed by atoms with Crippen LogP contribution in [0.1, 0.15) is 119 Å². The lowest BCUT2D eigenvalue weighted by molar-refractivity contribution is 0.00578. The van der Waals surface area contributed by atoms with Crippen molar-refractivity contribution in [2.75, 3.05) is 26.4 Å². The van der Waals surface area contributed by atoms with Gasteiger partial charge in [0, 0.05) is 13.0 Å². The summed E-state index contributed by atoms with van der Waals surface area (Å²) < 4.78 is 43.4. The summed E-state index contributed by atoms with van der Waals surface area (Å²) in [4.78, 5) is 27.4. The third kappa shape index (κ3) is 7.14. The monoisotopic (exact) mass is 804 g/mol. The Morgan fingerprint density at radius 1 is 0.610 bits per heavy atom. The van der Waals surface area contributed by atoms with Gasteiger partial charge in [0.25, 0.3) is 0 Å². The molecule has 2 aliphatic heterocycles. The molecule has 1 aliphatic carbocycles. The molecule has 0 amide bonds. The molecule has 0 bridgehead atoms. The first-order valence-corrected chi connectivity index (χ1v) is 20.4. The van der Waals surface area contributed by atoms with Crippen molar-refractivity contribution in [3.8, 4) is 22.6 Å². The zero-order valence-corrected chi connectivity index (χ0v) is 35.7. The number of esters is 2. The van der Waals surface area contributed by atoms with Crippen molar-refractivity contribution >= 4 is 37.1 Å². The number of aliphatic hydroxyl groups is 1. The highest BCUT2D eigenvalue weighted by molar-refractivity contribution is 6.62. The second-order valence-corrected chi connectivity index (χ2v) is 17.3. The highest BCUT2D eigenvalue weighted by Crippen LogP contribution is 2.57. The largest absolute Gasteiger partial charge is 0.507 e. The third-order valence-corrected chi connectivity index (χ3v) is 12.6. The van der Waals surface area contributed by atoms with Crippen LogP contribution in [0.5, 0.6) is 11.5 Å². The number of phenols is 1. The molecular weight excluding hydrogens is 750 g/mol. The second kappa shape index (κ2) is 15.4. The van der Waals surface area contributed by atoms with Gasteiger partial charge in [0.15, 0.2) is 0 Å². The van der Waals surface area contributed by atoms with Crippen LogP contribution in [-0.4, -0.2) is 85.2 Å². The van der Waals surface area contributed by atoms with Gasteiger partial charge in [0.1, 0.15) is 22.6 Å². The normalized spacial score (nSPS) is 19.0. The van der Waals surface area contributed by atoms with Crippen LogP contribution in [0.2, 0.25) is 0 Å². The Morgan fingerprint density at radius 2 is 1.05 bits per heavy atom. The van der Waals surface area contributed by atoms with Gasteiger partial charge in [-0.05, 0) is 138 Å². The lowest BCUT2D eigenvalue weighted by atomic mass is 9.64. The highest BCUT2D eigenvalue weighted by atomic mass is 16.7. The van der Waals surface area contributed by atoms with Gasteiger partial charge in [-0.15, -0.1) is 0 Å². The number of fused-ring (bicyclic) bond motifs is 3. The van der Waals surface area contributed by atoms with Crippen LogP contribution in [0, 0.1) is 0 Å². The van der Waals surface area contributed by atoms with Crippen LogP contribution in [0.4, 0.5) is 0 Å². The fraction of sp³-hybridized carbons (Fsp3) is 0.435. The smallest absolute Gasteiger partial charge is 0.494 e. The summed E-state index contributed by atoms with van der Waals surface area (Å²) in [7, 11) is -1.42. The average Bonchev–Trinajstić information content (AvgIpc) is 3.69. The molecule has 0 saturated carbocycles. The van der Waals surface area contributed by atoms with E-state index in [1.807, 2.05) is 73.6 Å². The number of hydrogen-bond donors (Lipinski definition) is 2. The van der Waals surface area contributed by atoms with Crippen molar-refractivity contribution in [2.24, 2.45) is 0 Å². The van der Waals surface area contributed by atoms with Crippen LogP contribution in [0.3, 0.4) is 0 Å². The predicted octanol–water partition coefficient (Wildman–Crippen LogP) is 6.47. The minimum atomic E-state index is -1.26. The minimum absolute atomic E-state index is 0.0162. The molecule has 3 aliphatic rings. The Morgan fingerprint density at radius 3 is 1.51 bits per heavy atom. The molecule has 310 valence electrons. The zero-order valence-electron chi connectivity index (χ0n) is 35.7. The molecule has 11 nitrogen and oxygen atoms in total. The number of rotatable bonds is 12. The number of aliphatic hydroxyl groups excluding tert-OH is 1. The van der Waals surface area contributed by atoms with Crippen LogP contribution >= 0.6 is 0 Å². The summed E-state index contributed by atoms with van der Waals surface area (Å²) in [6, 6.07) is 22.6. The number of hydrogen-bond acceptors (Lipinski definition) is 11. The Balaban J connectivity index is 1.57. The summed E-state index contributed by atoms with van der Waals surface area (Å²) in [5.41, 5.74) is 2.68. The number of carbonyl (C=O) groups is 2. The molecule has 59 heavy (non-hydrogen) atoms. The van der Waals surface area contributed by atoms with Crippen LogP contribution in [0.15, 0.2) is 72.8 Å². The van der Waals surface area contributed by atoms with E-state index in [1.165, 1.54) is 6.07 Å². The molecule has 2 fully saturated rings. The molecule has 0 radical (unpaired) electrons. The van der Waals surface area contributed by atoms with Crippen molar-refractivity contribution < 1.29 is 52.6 Å². The molecule has 0 spiro atoms. The highest BCUT2D eigenvalue weighted by Gasteiger charge is 2.55. The number of aromatic hydroxyl groups is 1. The van der Waals surface area contributed by atoms with Gasteiger partial charge in [0.2, 0.25) is 0 Å². The molecule has 4 aromatic carbocycles. The van der Waals surface area contributed by atoms with E-state index in [-0.39, 0.29) is 43.3 Å². The first-order chi connectivity index (χ1) is 27.8. The first kappa shape index (κ1) is 42.5. The summed E-state index contributed by atoms with van der Waals surface area (Å²) in [6.45, 7) is 19.8. The maximum Gasteiger partial charge on any atom is 0.494 e. The van der Waals surface area contributed by atoms with Crippen molar-refractivity contribution in [1.29, 1.82) is 0 Å². The SMILES string of the molecule is CCOC(=O)c1cc(C2(c3ccc(OCCCO)c(C(=O)OCC)c3)c3cc(B4OC(C)(C)C(C)(C)O4)ccc3-c3ccc(B4OC(C)(C)C(C)(C)O4)cc32)ccc1O. The van der Waals surface area contributed by atoms with Gasteiger partial charge in [-0.3, -0.25) is 0 Å². The van der Waals surface area contributed by atoms with Crippen LogP contribution in [0.25, 0.3) is 11.1 Å². The van der Waals surface area contributed by atoms with Crippen LogP contribution < -0.4 is 15.7 Å². The standard InChI is InChI=1S/C46H54B2O11/c1-11-53-40(51)34-24-28(14-20-38(34)50)46(29-15-21-39(55-23-13-22-49)35(25-29)41(52)54-12-2)36-26-30(47-56-42(3,4)43(5,6)57-47)16-18-32(36)33-19-17-31(27-37(33)46)48-58-44(7,8)45(9,10)59-48/h14-21,24-27,49-50H,11-13,22-23H2,1-10H3. The van der Waals surface area contributed by atoms with Crippen molar-refractivity contribution in [2.45, 2.75) is 103 Å². The Labute approximate surface area is 347 Å². The fourth-order valence-corrected chi connectivity index (χ4v) is 8.05. The second-order valence-electron chi connectivity index (χ2n) is 17.3. The topological polar surface area (TPSA) is 139 Å². The maximum atomic E-state index is 13.8. The molecule has 2 N–H and O–H groups in total. The number of ether oxygens (including phenoxy) is 3. The lowest BCUT2D eigenvalue weighted by Gasteiger charge is -2.35. The zero-order chi connectivity index (χ0) is 42.7. The first-order valence-electron chi connectivity index (χ1n) is 20.4. The molecule has 2 saturated heterocycles. The molecule has 13 heteroatoms. The van der Waals surface area contributed by atoms with E-state index >= 15 is 0 Å². The van der Waals surface area contributed by atoms with E-state index in [0.717, 1.165) is 33.2 Å². The maximum absolute atomic E-state index is 13.8. The molecule has 0 atom stereocenters. The minimum Gasteiger partial charge on any atom is -0.507 e. The fourth-order valence-electron chi connectivity index (χ4n) is 8.05. The van der Waals surface area contributed by atoms with Gasteiger partial charge >= 0.3 is 26.2 Å². The Bertz CT molecular complexity index is 2160. The summed E-state index contributed by atoms with van der Waals surface area (Å²) in [6.07, 6.45) is 0.363. The quantitative estimate of drug-likeness (QED) is 0.0816. The van der Waals surface area contributed by atoms with E-state index in [9.17, 15) is 19.8 Å². The van der Waals surface area contributed by atoms with E-state index in [0.29, 0.717) is 23.3 Å². The Hall–Kier alpha value is -4.65.